The van der Waals surface area contributed by atoms with E-state index < -0.39 is 0 Å². The Morgan fingerprint density at radius 3 is 2.96 bits per heavy atom. The summed E-state index contributed by atoms with van der Waals surface area (Å²) in [5, 5.41) is 3.73. The third kappa shape index (κ3) is 3.77. The smallest absolute Gasteiger partial charge is 0.142 e. The minimum absolute atomic E-state index is 0.182. The second-order valence-electron chi connectivity index (χ2n) is 6.58. The summed E-state index contributed by atoms with van der Waals surface area (Å²) in [7, 11) is 2.10. The number of pyridine rings is 1. The average Bonchev–Trinajstić information content (AvgIpc) is 2.93. The van der Waals surface area contributed by atoms with Crippen molar-refractivity contribution in [2.45, 2.75) is 25.9 Å². The van der Waals surface area contributed by atoms with E-state index in [9.17, 15) is 4.39 Å². The van der Waals surface area contributed by atoms with Gasteiger partial charge in [0.05, 0.1) is 5.02 Å². The number of rotatable bonds is 5. The van der Waals surface area contributed by atoms with Crippen LogP contribution >= 0.6 is 11.6 Å². The number of aromatic nitrogens is 1. The lowest BCUT2D eigenvalue weighted by atomic mass is 9.93. The normalized spacial score (nSPS) is 21.3. The molecule has 1 aromatic heterocycles. The van der Waals surface area contributed by atoms with Crippen LogP contribution in [0.2, 0.25) is 5.02 Å². The van der Waals surface area contributed by atoms with Gasteiger partial charge < -0.3 is 5.32 Å². The van der Waals surface area contributed by atoms with Crippen molar-refractivity contribution >= 4 is 11.6 Å². The molecule has 3 nitrogen and oxygen atoms in total. The molecule has 1 aromatic carbocycles. The van der Waals surface area contributed by atoms with Crippen molar-refractivity contribution in [3.63, 3.8) is 0 Å². The molecule has 0 amide bonds. The average molecular weight is 348 g/mol. The van der Waals surface area contributed by atoms with Crippen LogP contribution in [0.25, 0.3) is 0 Å². The maximum Gasteiger partial charge on any atom is 0.142 e. The van der Waals surface area contributed by atoms with Crippen molar-refractivity contribution in [1.29, 1.82) is 0 Å². The highest BCUT2D eigenvalue weighted by molar-refractivity contribution is 6.30. The molecule has 0 spiro atoms. The van der Waals surface area contributed by atoms with Gasteiger partial charge in [-0.1, -0.05) is 17.7 Å². The van der Waals surface area contributed by atoms with Crippen LogP contribution in [0.3, 0.4) is 0 Å². The minimum atomic E-state index is -0.341. The summed E-state index contributed by atoms with van der Waals surface area (Å²) >= 11 is 5.82. The van der Waals surface area contributed by atoms with Crippen LogP contribution in [-0.2, 0) is 6.54 Å². The van der Waals surface area contributed by atoms with Gasteiger partial charge in [0, 0.05) is 31.5 Å². The van der Waals surface area contributed by atoms with Gasteiger partial charge in [-0.2, -0.15) is 0 Å². The Kier molecular flexibility index (Phi) is 5.49. The zero-order valence-electron chi connectivity index (χ0n) is 14.1. The highest BCUT2D eigenvalue weighted by Gasteiger charge is 2.32. The highest BCUT2D eigenvalue weighted by Crippen LogP contribution is 2.36. The molecule has 1 aliphatic heterocycles. The Hall–Kier alpha value is -1.49. The zero-order chi connectivity index (χ0) is 17.1. The Labute approximate surface area is 147 Å². The number of nitrogens with one attached hydrogen (secondary N) is 1. The molecular formula is C19H23ClFN3. The maximum absolute atomic E-state index is 13.8. The molecule has 128 valence electrons. The molecule has 1 fully saturated rings. The Bertz CT molecular complexity index is 707. The lowest BCUT2D eigenvalue weighted by Gasteiger charge is -2.26. The number of hydrogen-bond donors (Lipinski definition) is 1. The van der Waals surface area contributed by atoms with Gasteiger partial charge in [0.2, 0.25) is 0 Å². The molecule has 2 heterocycles. The molecule has 2 atom stereocenters. The van der Waals surface area contributed by atoms with Crippen LogP contribution < -0.4 is 5.32 Å². The molecule has 0 saturated carbocycles. The summed E-state index contributed by atoms with van der Waals surface area (Å²) in [5.74, 6) is 0.111. The van der Waals surface area contributed by atoms with Crippen molar-refractivity contribution in [2.24, 2.45) is 5.92 Å². The lowest BCUT2D eigenvalue weighted by Crippen LogP contribution is -2.28. The number of benzene rings is 1. The van der Waals surface area contributed by atoms with E-state index in [-0.39, 0.29) is 16.9 Å². The summed E-state index contributed by atoms with van der Waals surface area (Å²) in [6, 6.07) is 7.42. The molecule has 0 unspecified atom stereocenters. The van der Waals surface area contributed by atoms with Crippen molar-refractivity contribution in [3.8, 4) is 0 Å². The third-order valence-electron chi connectivity index (χ3n) is 4.93. The van der Waals surface area contributed by atoms with Crippen molar-refractivity contribution < 1.29 is 4.39 Å². The quantitative estimate of drug-likeness (QED) is 0.887. The first-order valence-corrected chi connectivity index (χ1v) is 8.69. The molecule has 2 aromatic rings. The largest absolute Gasteiger partial charge is 0.312 e. The summed E-state index contributed by atoms with van der Waals surface area (Å²) in [4.78, 5) is 6.48. The highest BCUT2D eigenvalue weighted by atomic mass is 35.5. The predicted octanol–water partition coefficient (Wildman–Crippen LogP) is 3.97. The topological polar surface area (TPSA) is 28.2 Å². The molecule has 1 N–H and O–H groups in total. The second-order valence-corrected chi connectivity index (χ2v) is 6.99. The lowest BCUT2D eigenvalue weighted by molar-refractivity contribution is 0.271. The van der Waals surface area contributed by atoms with E-state index in [1.54, 1.807) is 12.1 Å². The van der Waals surface area contributed by atoms with Crippen LogP contribution in [0.15, 0.2) is 36.7 Å². The van der Waals surface area contributed by atoms with Gasteiger partial charge in [0.1, 0.15) is 5.82 Å². The van der Waals surface area contributed by atoms with Gasteiger partial charge in [0.15, 0.2) is 0 Å². The SMILES string of the molecule is Cc1ccncc1CNC[C@@H]1CCN(C)[C@@H]1c1ccc(Cl)c(F)c1. The number of nitrogens with zero attached hydrogens (tertiary/aromatic N) is 2. The van der Waals surface area contributed by atoms with Crippen LogP contribution in [0, 0.1) is 18.7 Å². The Morgan fingerprint density at radius 1 is 1.38 bits per heavy atom. The molecular weight excluding hydrogens is 325 g/mol. The molecule has 0 bridgehead atoms. The van der Waals surface area contributed by atoms with E-state index in [4.69, 9.17) is 11.6 Å². The molecule has 24 heavy (non-hydrogen) atoms. The van der Waals surface area contributed by atoms with Crippen molar-refractivity contribution in [3.05, 3.63) is 64.2 Å². The maximum atomic E-state index is 13.8. The number of likely N-dealkylation sites (tertiary alicyclic amines) is 1. The number of aryl methyl sites for hydroxylation is 1. The molecule has 1 saturated heterocycles. The van der Waals surface area contributed by atoms with Crippen LogP contribution in [-0.4, -0.2) is 30.0 Å². The standard InChI is InChI=1S/C19H23ClFN3/c1-13-5-7-22-11-16(13)12-23-10-15-6-8-24(2)19(15)14-3-4-17(20)18(21)9-14/h3-5,7,9,11,15,19,23H,6,8,10,12H2,1-2H3/t15-,19+/m0/s1. The van der Waals surface area contributed by atoms with Gasteiger partial charge in [-0.25, -0.2) is 4.39 Å². The van der Waals surface area contributed by atoms with Gasteiger partial charge >= 0.3 is 0 Å². The first kappa shape index (κ1) is 17.3. The van der Waals surface area contributed by atoms with Crippen LogP contribution in [0.5, 0.6) is 0 Å². The summed E-state index contributed by atoms with van der Waals surface area (Å²) in [6.45, 7) is 4.82. The number of hydrogen-bond acceptors (Lipinski definition) is 3. The van der Waals surface area contributed by atoms with E-state index in [1.807, 2.05) is 24.5 Å². The number of halogens is 2. The fourth-order valence-electron chi connectivity index (χ4n) is 3.54. The van der Waals surface area contributed by atoms with Crippen molar-refractivity contribution in [2.75, 3.05) is 20.1 Å². The molecule has 3 rings (SSSR count). The summed E-state index contributed by atoms with van der Waals surface area (Å²) < 4.78 is 13.8. The molecule has 0 radical (unpaired) electrons. The van der Waals surface area contributed by atoms with Crippen LogP contribution in [0.1, 0.15) is 29.2 Å². The Balaban J connectivity index is 1.66. The first-order chi connectivity index (χ1) is 11.6. The van der Waals surface area contributed by atoms with Gasteiger partial charge in [-0.3, -0.25) is 9.88 Å². The molecule has 1 aliphatic rings. The van der Waals surface area contributed by atoms with E-state index in [0.717, 1.165) is 31.6 Å². The fourth-order valence-corrected chi connectivity index (χ4v) is 3.65. The molecule has 5 heteroatoms. The minimum Gasteiger partial charge on any atom is -0.312 e. The predicted molar refractivity (Wildman–Crippen MR) is 95.6 cm³/mol. The summed E-state index contributed by atoms with van der Waals surface area (Å²) in [5.41, 5.74) is 3.47. The third-order valence-corrected chi connectivity index (χ3v) is 5.24. The van der Waals surface area contributed by atoms with Gasteiger partial charge in [-0.05, 0) is 67.7 Å². The second kappa shape index (κ2) is 7.60. The van der Waals surface area contributed by atoms with E-state index in [0.29, 0.717) is 5.92 Å². The molecule has 0 aliphatic carbocycles. The van der Waals surface area contributed by atoms with Crippen LogP contribution in [0.4, 0.5) is 4.39 Å². The first-order valence-electron chi connectivity index (χ1n) is 8.31. The summed E-state index contributed by atoms with van der Waals surface area (Å²) in [6.07, 6.45) is 4.83. The van der Waals surface area contributed by atoms with Crippen molar-refractivity contribution in [1.82, 2.24) is 15.2 Å². The van der Waals surface area contributed by atoms with E-state index >= 15 is 0 Å². The monoisotopic (exact) mass is 347 g/mol. The zero-order valence-corrected chi connectivity index (χ0v) is 14.9. The van der Waals surface area contributed by atoms with Gasteiger partial charge in [0.25, 0.3) is 0 Å². The fraction of sp³-hybridized carbons (Fsp3) is 0.421. The van der Waals surface area contributed by atoms with E-state index in [1.165, 1.54) is 11.1 Å². The Morgan fingerprint density at radius 2 is 2.21 bits per heavy atom. The van der Waals surface area contributed by atoms with E-state index in [2.05, 4.69) is 29.2 Å². The van der Waals surface area contributed by atoms with Gasteiger partial charge in [-0.15, -0.1) is 0 Å².